The first kappa shape index (κ1) is 58.9. The van der Waals surface area contributed by atoms with Crippen LogP contribution in [0.2, 0.25) is 0 Å². The predicted octanol–water partition coefficient (Wildman–Crippen LogP) is 17.0. The summed E-state index contributed by atoms with van der Waals surface area (Å²) in [7, 11) is 0. The van der Waals surface area contributed by atoms with Gasteiger partial charge in [0.05, 0.1) is 6.10 Å². The number of hydrogen-bond donors (Lipinski definition) is 1. The highest BCUT2D eigenvalue weighted by molar-refractivity contribution is 5.82. The molecule has 5 nitrogen and oxygen atoms in total. The number of hydrogen-bond acceptors (Lipinski definition) is 3. The molecule has 5 heteroatoms. The quantitative estimate of drug-likeness (QED) is 0.0621. The summed E-state index contributed by atoms with van der Waals surface area (Å²) in [5.41, 5.74) is -0.649. The van der Waals surface area contributed by atoms with Crippen molar-refractivity contribution in [2.45, 2.75) is 305 Å². The Bertz CT molecular complexity index is 838. The lowest BCUT2D eigenvalue weighted by molar-refractivity contribution is -0.141. The highest BCUT2D eigenvalue weighted by atomic mass is 16.3. The highest BCUT2D eigenvalue weighted by Crippen LogP contribution is 2.30. The van der Waals surface area contributed by atoms with E-state index in [1.165, 1.54) is 154 Å². The van der Waals surface area contributed by atoms with E-state index in [0.717, 1.165) is 116 Å². The standard InChI is InChI=1S/C55H110N2O3/c1-9-13-17-21-25-29-39-47-56(48-40-30-26-22-18-14-10-2)52(59)54(5,6)45-37-33-35-43-51(58)44-36-34-38-46-55(7,8)53(60)57(49-41-31-27-23-19-15-11-3)50-42-32-28-24-20-16-12-4/h51,58H,9-50H2,1-8H3. The van der Waals surface area contributed by atoms with Crippen molar-refractivity contribution in [3.05, 3.63) is 0 Å². The zero-order chi connectivity index (χ0) is 44.6. The molecule has 0 aliphatic heterocycles. The predicted molar refractivity (Wildman–Crippen MR) is 265 cm³/mol. The number of nitrogens with zero attached hydrogens (tertiary/aromatic N) is 2. The van der Waals surface area contributed by atoms with Crippen molar-refractivity contribution in [1.29, 1.82) is 0 Å². The minimum atomic E-state index is -0.325. The molecule has 0 aromatic rings. The molecule has 0 atom stereocenters. The molecule has 0 heterocycles. The fourth-order valence-electron chi connectivity index (χ4n) is 9.13. The molecule has 0 fully saturated rings. The van der Waals surface area contributed by atoms with Crippen LogP contribution in [0.4, 0.5) is 0 Å². The van der Waals surface area contributed by atoms with Crippen LogP contribution < -0.4 is 0 Å². The summed E-state index contributed by atoms with van der Waals surface area (Å²) in [6.45, 7) is 21.5. The number of carbonyl (C=O) groups excluding carboxylic acids is 2. The molecule has 60 heavy (non-hydrogen) atoms. The molecule has 0 aromatic carbocycles. The second-order valence-electron chi connectivity index (χ2n) is 20.7. The van der Waals surface area contributed by atoms with E-state index >= 15 is 0 Å². The van der Waals surface area contributed by atoms with E-state index < -0.39 is 0 Å². The summed E-state index contributed by atoms with van der Waals surface area (Å²) in [6, 6.07) is 0. The largest absolute Gasteiger partial charge is 0.393 e. The first-order valence-corrected chi connectivity index (χ1v) is 27.2. The van der Waals surface area contributed by atoms with Gasteiger partial charge in [-0.2, -0.15) is 0 Å². The van der Waals surface area contributed by atoms with Crippen LogP contribution in [0.25, 0.3) is 0 Å². The molecule has 0 aliphatic carbocycles. The number of unbranched alkanes of at least 4 members (excludes halogenated alkanes) is 28. The third-order valence-electron chi connectivity index (χ3n) is 13.5. The van der Waals surface area contributed by atoms with Crippen molar-refractivity contribution < 1.29 is 14.7 Å². The Morgan fingerprint density at radius 2 is 0.567 bits per heavy atom. The Labute approximate surface area is 377 Å². The first-order chi connectivity index (χ1) is 29.0. The maximum atomic E-state index is 13.9. The van der Waals surface area contributed by atoms with E-state index in [4.69, 9.17) is 0 Å². The number of aliphatic hydroxyl groups is 1. The highest BCUT2D eigenvalue weighted by Gasteiger charge is 2.32. The second-order valence-corrected chi connectivity index (χ2v) is 20.7. The van der Waals surface area contributed by atoms with Crippen LogP contribution in [-0.4, -0.2) is 59.0 Å². The molecular weight excluding hydrogens is 737 g/mol. The fraction of sp³-hybridized carbons (Fsp3) is 0.964. The molecule has 0 unspecified atom stereocenters. The van der Waals surface area contributed by atoms with Crippen molar-refractivity contribution in [3.8, 4) is 0 Å². The zero-order valence-electron chi connectivity index (χ0n) is 42.4. The van der Waals surface area contributed by atoms with Gasteiger partial charge in [0.2, 0.25) is 11.8 Å². The van der Waals surface area contributed by atoms with Crippen LogP contribution >= 0.6 is 0 Å². The SMILES string of the molecule is CCCCCCCCCN(CCCCCCCCC)C(=O)C(C)(C)CCCCCC(O)CCCCCC(C)(C)C(=O)N(CCCCCCCCC)CCCCCCCCC. The molecule has 0 radical (unpaired) electrons. The van der Waals surface area contributed by atoms with Gasteiger partial charge in [0.15, 0.2) is 0 Å². The number of carbonyl (C=O) groups is 2. The normalized spacial score (nSPS) is 12.2. The smallest absolute Gasteiger partial charge is 0.228 e. The monoisotopic (exact) mass is 847 g/mol. The van der Waals surface area contributed by atoms with Crippen molar-refractivity contribution in [2.24, 2.45) is 10.8 Å². The van der Waals surface area contributed by atoms with Crippen molar-refractivity contribution in [3.63, 3.8) is 0 Å². The summed E-state index contributed by atoms with van der Waals surface area (Å²) in [6.07, 6.45) is 45.6. The van der Waals surface area contributed by atoms with Gasteiger partial charge in [-0.25, -0.2) is 0 Å². The molecule has 0 saturated carbocycles. The van der Waals surface area contributed by atoms with Gasteiger partial charge in [-0.15, -0.1) is 0 Å². The molecule has 0 rings (SSSR count). The van der Waals surface area contributed by atoms with Crippen LogP contribution in [0.1, 0.15) is 299 Å². The van der Waals surface area contributed by atoms with Crippen molar-refractivity contribution in [2.75, 3.05) is 26.2 Å². The third kappa shape index (κ3) is 33.5. The van der Waals surface area contributed by atoms with Crippen molar-refractivity contribution >= 4 is 11.8 Å². The Balaban J connectivity index is 4.66. The van der Waals surface area contributed by atoms with Crippen LogP contribution in [0.5, 0.6) is 0 Å². The van der Waals surface area contributed by atoms with Crippen molar-refractivity contribution in [1.82, 2.24) is 9.80 Å². The molecule has 0 bridgehead atoms. The lowest BCUT2D eigenvalue weighted by Gasteiger charge is -2.32. The Morgan fingerprint density at radius 3 is 0.817 bits per heavy atom. The molecule has 0 aromatic heterocycles. The van der Waals surface area contributed by atoms with Gasteiger partial charge in [-0.3, -0.25) is 9.59 Å². The van der Waals surface area contributed by atoms with Gasteiger partial charge in [0.1, 0.15) is 0 Å². The Hall–Kier alpha value is -1.10. The molecule has 0 saturated heterocycles. The summed E-state index contributed by atoms with van der Waals surface area (Å²) in [5, 5.41) is 10.8. The van der Waals surface area contributed by atoms with E-state index in [9.17, 15) is 14.7 Å². The lowest BCUT2D eigenvalue weighted by Crippen LogP contribution is -2.42. The van der Waals surface area contributed by atoms with E-state index in [-0.39, 0.29) is 16.9 Å². The minimum Gasteiger partial charge on any atom is -0.393 e. The van der Waals surface area contributed by atoms with Crippen LogP contribution in [0, 0.1) is 10.8 Å². The van der Waals surface area contributed by atoms with Gasteiger partial charge in [0, 0.05) is 37.0 Å². The second kappa shape index (κ2) is 40.7. The average Bonchev–Trinajstić information content (AvgIpc) is 3.22. The van der Waals surface area contributed by atoms with Gasteiger partial charge in [-0.1, -0.05) is 248 Å². The van der Waals surface area contributed by atoms with Gasteiger partial charge < -0.3 is 14.9 Å². The van der Waals surface area contributed by atoms with Crippen LogP contribution in [0.15, 0.2) is 0 Å². The topological polar surface area (TPSA) is 60.9 Å². The zero-order valence-corrected chi connectivity index (χ0v) is 42.4. The van der Waals surface area contributed by atoms with Crippen LogP contribution in [0.3, 0.4) is 0 Å². The van der Waals surface area contributed by atoms with E-state index in [2.05, 4.69) is 65.2 Å². The maximum absolute atomic E-state index is 13.9. The molecule has 0 aliphatic rings. The fourth-order valence-corrected chi connectivity index (χ4v) is 9.13. The maximum Gasteiger partial charge on any atom is 0.228 e. The van der Waals surface area contributed by atoms with Gasteiger partial charge in [0.25, 0.3) is 0 Å². The molecule has 1 N–H and O–H groups in total. The van der Waals surface area contributed by atoms with Gasteiger partial charge >= 0.3 is 0 Å². The summed E-state index contributed by atoms with van der Waals surface area (Å²) >= 11 is 0. The summed E-state index contributed by atoms with van der Waals surface area (Å²) in [4.78, 5) is 32.2. The number of aliphatic hydroxyl groups excluding tert-OH is 1. The van der Waals surface area contributed by atoms with Gasteiger partial charge in [-0.05, 0) is 51.4 Å². The molecule has 2 amide bonds. The van der Waals surface area contributed by atoms with E-state index in [1.54, 1.807) is 0 Å². The molecule has 358 valence electrons. The first-order valence-electron chi connectivity index (χ1n) is 27.2. The lowest BCUT2D eigenvalue weighted by atomic mass is 9.84. The summed E-state index contributed by atoms with van der Waals surface area (Å²) in [5.74, 6) is 0.719. The Kier molecular flexibility index (Phi) is 39.9. The number of amides is 2. The number of rotatable bonds is 46. The third-order valence-corrected chi connectivity index (χ3v) is 13.5. The van der Waals surface area contributed by atoms with E-state index in [1.807, 2.05) is 0 Å². The minimum absolute atomic E-state index is 0.242. The van der Waals surface area contributed by atoms with Crippen LogP contribution in [-0.2, 0) is 9.59 Å². The van der Waals surface area contributed by atoms with E-state index in [0.29, 0.717) is 11.8 Å². The average molecular weight is 847 g/mol. The molecule has 0 spiro atoms. The summed E-state index contributed by atoms with van der Waals surface area (Å²) < 4.78 is 0. The molecular formula is C55H110N2O3. The Morgan fingerprint density at radius 1 is 0.350 bits per heavy atom.